The maximum atomic E-state index is 13.8. The molecule has 1 aliphatic heterocycles. The number of amides is 1. The number of ether oxygens (including phenoxy) is 1. The summed E-state index contributed by atoms with van der Waals surface area (Å²) in [4.78, 5) is 20.6. The summed E-state index contributed by atoms with van der Waals surface area (Å²) in [6, 6.07) is 23.4. The second-order valence-corrected chi connectivity index (χ2v) is 18.4. The van der Waals surface area contributed by atoms with E-state index < -0.39 is 8.07 Å². The van der Waals surface area contributed by atoms with E-state index in [2.05, 4.69) is 66.3 Å². The van der Waals surface area contributed by atoms with Gasteiger partial charge < -0.3 is 18.8 Å². The van der Waals surface area contributed by atoms with Crippen molar-refractivity contribution in [1.82, 2.24) is 19.0 Å². The highest BCUT2D eigenvalue weighted by molar-refractivity contribution is 6.76. The summed E-state index contributed by atoms with van der Waals surface area (Å²) < 4.78 is 10.3. The highest BCUT2D eigenvalue weighted by Gasteiger charge is 2.30. The van der Waals surface area contributed by atoms with Crippen LogP contribution in [0, 0.1) is 0 Å². The summed E-state index contributed by atoms with van der Waals surface area (Å²) in [6.45, 7) is 11.7. The third kappa shape index (κ3) is 5.82. The minimum absolute atomic E-state index is 0.0292. The van der Waals surface area contributed by atoms with Crippen molar-refractivity contribution < 1.29 is 9.53 Å². The standard InChI is InChI=1S/C34H37ClN4O2Si/c1-24(26-11-8-12-29(35)17-26)39-14-13-37-21-28(19-32(37)34(39)40)31-22-38(23-41-15-16-42(2,3)4)33-30(31)18-27(20-36-33)25-9-6-5-7-10-25/h5-12,17-22,24H,13-16,23H2,1-4H3/t24-/m1/s1. The lowest BCUT2D eigenvalue weighted by atomic mass is 10.0. The molecular weight excluding hydrogens is 560 g/mol. The van der Waals surface area contributed by atoms with Gasteiger partial charge in [-0.3, -0.25) is 4.79 Å². The molecule has 0 N–H and O–H groups in total. The maximum absolute atomic E-state index is 13.8. The van der Waals surface area contributed by atoms with Gasteiger partial charge in [-0.05, 0) is 48.4 Å². The van der Waals surface area contributed by atoms with E-state index in [-0.39, 0.29) is 11.9 Å². The van der Waals surface area contributed by atoms with Crippen molar-refractivity contribution in [3.63, 3.8) is 0 Å². The molecule has 42 heavy (non-hydrogen) atoms. The molecule has 2 aromatic carbocycles. The van der Waals surface area contributed by atoms with Crippen molar-refractivity contribution in [2.24, 2.45) is 0 Å². The van der Waals surface area contributed by atoms with Gasteiger partial charge in [0.05, 0.1) is 6.04 Å². The first-order chi connectivity index (χ1) is 20.2. The van der Waals surface area contributed by atoms with Crippen LogP contribution in [0.25, 0.3) is 33.3 Å². The van der Waals surface area contributed by atoms with Gasteiger partial charge in [0.25, 0.3) is 5.91 Å². The quantitative estimate of drug-likeness (QED) is 0.127. The van der Waals surface area contributed by atoms with Crippen LogP contribution in [0.5, 0.6) is 0 Å². The molecule has 4 heterocycles. The molecule has 3 aromatic heterocycles. The van der Waals surface area contributed by atoms with Crippen LogP contribution in [0.4, 0.5) is 0 Å². The average molecular weight is 597 g/mol. The molecule has 0 aliphatic carbocycles. The number of halogens is 1. The predicted octanol–water partition coefficient (Wildman–Crippen LogP) is 8.35. The number of hydrogen-bond acceptors (Lipinski definition) is 3. The number of pyridine rings is 1. The second kappa shape index (κ2) is 11.6. The van der Waals surface area contributed by atoms with Gasteiger partial charge in [-0.2, -0.15) is 0 Å². The molecule has 1 atom stereocenters. The average Bonchev–Trinajstić information content (AvgIpc) is 3.57. The number of nitrogens with zero attached hydrogens (tertiary/aromatic N) is 4. The van der Waals surface area contributed by atoms with Gasteiger partial charge in [0.2, 0.25) is 0 Å². The van der Waals surface area contributed by atoms with Crippen LogP contribution in [0.1, 0.15) is 29.0 Å². The Bertz CT molecular complexity index is 1740. The fraction of sp³-hybridized carbons (Fsp3) is 0.294. The van der Waals surface area contributed by atoms with Crippen molar-refractivity contribution in [1.29, 1.82) is 0 Å². The Labute approximate surface area is 253 Å². The molecule has 0 unspecified atom stereocenters. The number of carbonyl (C=O) groups excluding carboxylic acids is 1. The first-order valence-corrected chi connectivity index (χ1v) is 18.7. The molecule has 0 fully saturated rings. The minimum atomic E-state index is -1.19. The Morgan fingerprint density at radius 3 is 2.52 bits per heavy atom. The van der Waals surface area contributed by atoms with Crippen LogP contribution in [0.15, 0.2) is 85.3 Å². The van der Waals surface area contributed by atoms with Gasteiger partial charge in [-0.1, -0.05) is 73.7 Å². The lowest BCUT2D eigenvalue weighted by Gasteiger charge is -2.33. The van der Waals surface area contributed by atoms with Crippen molar-refractivity contribution in [2.45, 2.75) is 51.9 Å². The fourth-order valence-electron chi connectivity index (χ4n) is 5.63. The molecule has 1 amide bonds. The van der Waals surface area contributed by atoms with E-state index in [4.69, 9.17) is 21.3 Å². The van der Waals surface area contributed by atoms with Crippen LogP contribution in [0.3, 0.4) is 0 Å². The van der Waals surface area contributed by atoms with Crippen molar-refractivity contribution in [3.05, 3.63) is 102 Å². The Morgan fingerprint density at radius 1 is 0.952 bits per heavy atom. The Kier molecular flexibility index (Phi) is 7.83. The van der Waals surface area contributed by atoms with E-state index in [1.165, 1.54) is 0 Å². The molecule has 6 nitrogen and oxygen atoms in total. The summed E-state index contributed by atoms with van der Waals surface area (Å²) in [5, 5.41) is 1.73. The van der Waals surface area contributed by atoms with Gasteiger partial charge >= 0.3 is 0 Å². The van der Waals surface area contributed by atoms with Gasteiger partial charge in [-0.25, -0.2) is 4.98 Å². The topological polar surface area (TPSA) is 52.3 Å². The summed E-state index contributed by atoms with van der Waals surface area (Å²) in [5.74, 6) is 0.0292. The lowest BCUT2D eigenvalue weighted by molar-refractivity contribution is 0.0632. The number of benzene rings is 2. The maximum Gasteiger partial charge on any atom is 0.271 e. The molecule has 0 bridgehead atoms. The molecular formula is C34H37ClN4O2Si. The Morgan fingerprint density at radius 2 is 1.76 bits per heavy atom. The molecule has 0 spiro atoms. The fourth-order valence-corrected chi connectivity index (χ4v) is 6.59. The lowest BCUT2D eigenvalue weighted by Crippen LogP contribution is -2.41. The number of carbonyl (C=O) groups is 1. The molecule has 216 valence electrons. The van der Waals surface area contributed by atoms with Gasteiger partial charge in [0, 0.05) is 73.5 Å². The van der Waals surface area contributed by atoms with Crippen molar-refractivity contribution >= 4 is 36.6 Å². The van der Waals surface area contributed by atoms with Gasteiger partial charge in [0.1, 0.15) is 18.1 Å². The summed E-state index contributed by atoms with van der Waals surface area (Å²) >= 11 is 6.25. The van der Waals surface area contributed by atoms with Gasteiger partial charge in [0.15, 0.2) is 0 Å². The van der Waals surface area contributed by atoms with E-state index in [1.807, 2.05) is 59.6 Å². The summed E-state index contributed by atoms with van der Waals surface area (Å²) in [7, 11) is -1.19. The van der Waals surface area contributed by atoms with Crippen molar-refractivity contribution in [2.75, 3.05) is 13.2 Å². The van der Waals surface area contributed by atoms with Crippen LogP contribution in [-0.4, -0.2) is 46.2 Å². The molecule has 6 rings (SSSR count). The van der Waals surface area contributed by atoms with Crippen LogP contribution in [-0.2, 0) is 18.0 Å². The normalized spacial score (nSPS) is 14.4. The molecule has 8 heteroatoms. The van der Waals surface area contributed by atoms with Crippen LogP contribution in [0.2, 0.25) is 30.7 Å². The van der Waals surface area contributed by atoms with Gasteiger partial charge in [-0.15, -0.1) is 0 Å². The number of aromatic nitrogens is 3. The number of fused-ring (bicyclic) bond motifs is 2. The second-order valence-electron chi connectivity index (χ2n) is 12.4. The van der Waals surface area contributed by atoms with E-state index in [0.717, 1.165) is 58.0 Å². The highest BCUT2D eigenvalue weighted by Crippen LogP contribution is 2.36. The van der Waals surface area contributed by atoms with E-state index >= 15 is 0 Å². The molecule has 0 radical (unpaired) electrons. The Hall–Kier alpha value is -3.65. The van der Waals surface area contributed by atoms with Crippen LogP contribution >= 0.6 is 11.6 Å². The minimum Gasteiger partial charge on any atom is -0.361 e. The zero-order valence-corrected chi connectivity index (χ0v) is 26.4. The number of rotatable bonds is 9. The SMILES string of the molecule is C[C@H](c1cccc(Cl)c1)N1CCn2cc(-c3cn(COCC[Si](C)(C)C)c4ncc(-c5ccccc5)cc34)cc2C1=O. The van der Waals surface area contributed by atoms with Crippen molar-refractivity contribution in [3.8, 4) is 22.3 Å². The molecule has 0 saturated carbocycles. The summed E-state index contributed by atoms with van der Waals surface area (Å²) in [6.07, 6.45) is 6.16. The van der Waals surface area contributed by atoms with E-state index in [0.29, 0.717) is 24.0 Å². The molecule has 0 saturated heterocycles. The molecule has 1 aliphatic rings. The zero-order valence-electron chi connectivity index (χ0n) is 24.7. The Balaban J connectivity index is 1.35. The first-order valence-electron chi connectivity index (χ1n) is 14.6. The monoisotopic (exact) mass is 596 g/mol. The third-order valence-electron chi connectivity index (χ3n) is 8.12. The number of hydrogen-bond donors (Lipinski definition) is 0. The third-order valence-corrected chi connectivity index (χ3v) is 10.1. The largest absolute Gasteiger partial charge is 0.361 e. The van der Waals surface area contributed by atoms with E-state index in [1.54, 1.807) is 0 Å². The zero-order chi connectivity index (χ0) is 29.4. The highest BCUT2D eigenvalue weighted by atomic mass is 35.5. The van der Waals surface area contributed by atoms with E-state index in [9.17, 15) is 4.79 Å². The first kappa shape index (κ1) is 28.5. The smallest absolute Gasteiger partial charge is 0.271 e. The van der Waals surface area contributed by atoms with Crippen LogP contribution < -0.4 is 0 Å². The predicted molar refractivity (Wildman–Crippen MR) is 174 cm³/mol. The summed E-state index contributed by atoms with van der Waals surface area (Å²) in [5.41, 5.74) is 6.85. The molecule has 5 aromatic rings.